The molecule has 192 valence electrons. The predicted molar refractivity (Wildman–Crippen MR) is 147 cm³/mol. The Labute approximate surface area is 214 Å². The van der Waals surface area contributed by atoms with Crippen LogP contribution in [0.25, 0.3) is 0 Å². The largest absolute Gasteiger partial charge is 0.465 e. The van der Waals surface area contributed by atoms with Gasteiger partial charge < -0.3 is 9.16 Å². The number of carbonyl (C=O) groups excluding carboxylic acids is 1. The minimum Gasteiger partial charge on any atom is -0.465 e. The molecule has 0 spiro atoms. The van der Waals surface area contributed by atoms with Crippen LogP contribution in [0.15, 0.2) is 60.7 Å². The van der Waals surface area contributed by atoms with E-state index in [-0.39, 0.29) is 29.1 Å². The number of nitrogens with zero attached hydrogens (tertiary/aromatic N) is 1. The highest BCUT2D eigenvalue weighted by Gasteiger charge is 2.47. The number of hydrogen-bond donors (Lipinski definition) is 0. The molecule has 1 heterocycles. The van der Waals surface area contributed by atoms with Crippen molar-refractivity contribution in [2.75, 3.05) is 6.61 Å². The topological polar surface area (TPSA) is 38.8 Å². The van der Waals surface area contributed by atoms with Gasteiger partial charge in [-0.1, -0.05) is 95.3 Å². The molecular formula is C30H45NO3Si. The molecular weight excluding hydrogens is 450 g/mol. The van der Waals surface area contributed by atoms with E-state index in [9.17, 15) is 4.79 Å². The van der Waals surface area contributed by atoms with Crippen molar-refractivity contribution in [3.63, 3.8) is 0 Å². The summed E-state index contributed by atoms with van der Waals surface area (Å²) in [7, 11) is -2.14. The van der Waals surface area contributed by atoms with E-state index in [1.165, 1.54) is 11.1 Å². The summed E-state index contributed by atoms with van der Waals surface area (Å²) in [4.78, 5) is 15.5. The zero-order valence-corrected chi connectivity index (χ0v) is 23.8. The van der Waals surface area contributed by atoms with E-state index in [0.29, 0.717) is 12.5 Å². The summed E-state index contributed by atoms with van der Waals surface area (Å²) < 4.78 is 12.7. The quantitative estimate of drug-likeness (QED) is 0.247. The maximum absolute atomic E-state index is 13.0. The van der Waals surface area contributed by atoms with E-state index < -0.39 is 8.32 Å². The van der Waals surface area contributed by atoms with Gasteiger partial charge in [0.2, 0.25) is 0 Å². The average Bonchev–Trinajstić information content (AvgIpc) is 3.22. The fraction of sp³-hybridized carbons (Fsp3) is 0.567. The van der Waals surface area contributed by atoms with Crippen molar-refractivity contribution in [2.24, 2.45) is 11.8 Å². The minimum atomic E-state index is -2.14. The molecule has 5 heteroatoms. The van der Waals surface area contributed by atoms with E-state index in [2.05, 4.69) is 113 Å². The second-order valence-electron chi connectivity index (χ2n) is 12.0. The number of benzene rings is 2. The van der Waals surface area contributed by atoms with E-state index in [1.54, 1.807) is 0 Å². The first-order valence-corrected chi connectivity index (χ1v) is 16.0. The van der Waals surface area contributed by atoms with Crippen molar-refractivity contribution in [1.82, 2.24) is 4.90 Å². The highest BCUT2D eigenvalue weighted by molar-refractivity contribution is 6.74. The smallest absolute Gasteiger partial charge is 0.311 e. The van der Waals surface area contributed by atoms with Crippen molar-refractivity contribution < 1.29 is 14.0 Å². The summed E-state index contributed by atoms with van der Waals surface area (Å²) in [5.41, 5.74) is 2.55. The number of ether oxygens (including phenoxy) is 1. The molecule has 2 aromatic rings. The second-order valence-corrected chi connectivity index (χ2v) is 16.7. The SMILES string of the molecule is CC(C)C[C@@H]([C@H](O[Si](C)(C)C(C)(C)C)[C@H]1CCOC1=O)N(Cc1ccccc1)Cc1ccccc1. The van der Waals surface area contributed by atoms with Crippen LogP contribution in [0.2, 0.25) is 18.1 Å². The van der Waals surface area contributed by atoms with Crippen LogP contribution in [0, 0.1) is 11.8 Å². The van der Waals surface area contributed by atoms with Gasteiger partial charge in [-0.3, -0.25) is 9.69 Å². The predicted octanol–water partition coefficient (Wildman–Crippen LogP) is 7.06. The Hall–Kier alpha value is -1.95. The lowest BCUT2D eigenvalue weighted by atomic mass is 9.88. The van der Waals surface area contributed by atoms with Crippen LogP contribution in [0.1, 0.15) is 58.6 Å². The summed E-state index contributed by atoms with van der Waals surface area (Å²) in [6.07, 6.45) is 1.50. The Morgan fingerprint density at radius 2 is 1.49 bits per heavy atom. The van der Waals surface area contributed by atoms with Gasteiger partial charge in [0.1, 0.15) is 0 Å². The molecule has 3 atom stereocenters. The van der Waals surface area contributed by atoms with E-state index in [4.69, 9.17) is 9.16 Å². The van der Waals surface area contributed by atoms with Gasteiger partial charge in [0.25, 0.3) is 0 Å². The average molecular weight is 496 g/mol. The molecule has 1 fully saturated rings. The summed E-state index contributed by atoms with van der Waals surface area (Å²) in [5, 5.41) is 0.0554. The molecule has 1 aliphatic rings. The van der Waals surface area contributed by atoms with Gasteiger partial charge >= 0.3 is 5.97 Å². The molecule has 0 N–H and O–H groups in total. The molecule has 1 aliphatic heterocycles. The van der Waals surface area contributed by atoms with Gasteiger partial charge in [-0.05, 0) is 48.0 Å². The van der Waals surface area contributed by atoms with Gasteiger partial charge in [-0.25, -0.2) is 0 Å². The van der Waals surface area contributed by atoms with Crippen molar-refractivity contribution in [3.05, 3.63) is 71.8 Å². The Morgan fingerprint density at radius 3 is 1.89 bits per heavy atom. The second kappa shape index (κ2) is 11.9. The van der Waals surface area contributed by atoms with Gasteiger partial charge in [0.15, 0.2) is 8.32 Å². The van der Waals surface area contributed by atoms with Crippen LogP contribution in [-0.2, 0) is 27.0 Å². The Bertz CT molecular complexity index is 882. The molecule has 0 aliphatic carbocycles. The molecule has 0 radical (unpaired) electrons. The highest BCUT2D eigenvalue weighted by atomic mass is 28.4. The summed E-state index contributed by atoms with van der Waals surface area (Å²) in [6, 6.07) is 21.4. The normalized spacial score (nSPS) is 18.7. The van der Waals surface area contributed by atoms with Gasteiger partial charge in [-0.2, -0.15) is 0 Å². The third kappa shape index (κ3) is 7.52. The maximum atomic E-state index is 13.0. The lowest BCUT2D eigenvalue weighted by molar-refractivity contribution is -0.145. The first-order chi connectivity index (χ1) is 16.5. The number of rotatable bonds is 11. The highest BCUT2D eigenvalue weighted by Crippen LogP contribution is 2.41. The number of cyclic esters (lactones) is 1. The molecule has 1 saturated heterocycles. The van der Waals surface area contributed by atoms with E-state index in [0.717, 1.165) is 25.9 Å². The molecule has 0 unspecified atom stereocenters. The third-order valence-corrected chi connectivity index (χ3v) is 12.1. The lowest BCUT2D eigenvalue weighted by Crippen LogP contribution is -2.55. The molecule has 2 aromatic carbocycles. The van der Waals surface area contributed by atoms with E-state index >= 15 is 0 Å². The van der Waals surface area contributed by atoms with Crippen LogP contribution in [0.5, 0.6) is 0 Å². The number of esters is 1. The van der Waals surface area contributed by atoms with Gasteiger partial charge in [-0.15, -0.1) is 0 Å². The Balaban J connectivity index is 2.05. The number of hydrogen-bond acceptors (Lipinski definition) is 4. The van der Waals surface area contributed by atoms with Crippen LogP contribution >= 0.6 is 0 Å². The molecule has 3 rings (SSSR count). The summed E-state index contributed by atoms with van der Waals surface area (Å²) in [6.45, 7) is 18.1. The van der Waals surface area contributed by atoms with Crippen LogP contribution in [-0.4, -0.2) is 37.9 Å². The first kappa shape index (κ1) is 27.6. The molecule has 4 nitrogen and oxygen atoms in total. The number of carbonyl (C=O) groups is 1. The fourth-order valence-electron chi connectivity index (χ4n) is 4.66. The van der Waals surface area contributed by atoms with Crippen molar-refractivity contribution >= 4 is 14.3 Å². The summed E-state index contributed by atoms with van der Waals surface area (Å²) >= 11 is 0. The monoisotopic (exact) mass is 495 g/mol. The van der Waals surface area contributed by atoms with Crippen LogP contribution < -0.4 is 0 Å². The van der Waals surface area contributed by atoms with Crippen LogP contribution in [0.3, 0.4) is 0 Å². The standard InChI is InChI=1S/C30H45NO3Si/c1-23(2)20-27(28(26-18-19-33-29(26)32)34-35(6,7)30(3,4)5)31(21-24-14-10-8-11-15-24)22-25-16-12-9-13-17-25/h8-17,23,26-28H,18-22H2,1-7H3/t26-,27+,28-/m1/s1. The molecule has 35 heavy (non-hydrogen) atoms. The maximum Gasteiger partial charge on any atom is 0.311 e. The lowest BCUT2D eigenvalue weighted by Gasteiger charge is -2.46. The van der Waals surface area contributed by atoms with Crippen LogP contribution in [0.4, 0.5) is 0 Å². The summed E-state index contributed by atoms with van der Waals surface area (Å²) in [5.74, 6) is 0.153. The van der Waals surface area contributed by atoms with Gasteiger partial charge in [0.05, 0.1) is 18.6 Å². The van der Waals surface area contributed by atoms with E-state index in [1.807, 2.05) is 0 Å². The van der Waals surface area contributed by atoms with Crippen molar-refractivity contribution in [1.29, 1.82) is 0 Å². The fourth-order valence-corrected chi connectivity index (χ4v) is 6.01. The third-order valence-electron chi connectivity index (χ3n) is 7.63. The van der Waals surface area contributed by atoms with Gasteiger partial charge in [0, 0.05) is 19.1 Å². The zero-order valence-electron chi connectivity index (χ0n) is 22.8. The molecule has 0 bridgehead atoms. The Morgan fingerprint density at radius 1 is 0.971 bits per heavy atom. The van der Waals surface area contributed by atoms with Crippen molar-refractivity contribution in [3.8, 4) is 0 Å². The molecule has 0 saturated carbocycles. The minimum absolute atomic E-state index is 0.0554. The van der Waals surface area contributed by atoms with Crippen molar-refractivity contribution in [2.45, 2.75) is 90.8 Å². The first-order valence-electron chi connectivity index (χ1n) is 13.1. The zero-order chi connectivity index (χ0) is 25.6. The molecule has 0 aromatic heterocycles. The Kier molecular flexibility index (Phi) is 9.36. The molecule has 0 amide bonds.